The van der Waals surface area contributed by atoms with Gasteiger partial charge in [0.15, 0.2) is 12.2 Å². The Morgan fingerprint density at radius 2 is 0.520 bits per heavy atom. The Hall–Kier alpha value is -3.24. The van der Waals surface area contributed by atoms with Crippen LogP contribution in [0.5, 0.6) is 0 Å². The van der Waals surface area contributed by atoms with E-state index in [2.05, 4.69) is 88.5 Å². The molecule has 0 saturated carbocycles. The fraction of sp³-hybridized carbons (Fsp3) is 0.823. The van der Waals surface area contributed by atoms with Gasteiger partial charge in [0.2, 0.25) is 0 Å². The first-order chi connectivity index (χ1) is 47.7. The van der Waals surface area contributed by atoms with Gasteiger partial charge in [-0.25, -0.2) is 9.13 Å². The van der Waals surface area contributed by atoms with E-state index in [0.717, 1.165) is 154 Å². The number of aliphatic hydroxyl groups excluding tert-OH is 1. The van der Waals surface area contributed by atoms with Gasteiger partial charge in [0.1, 0.15) is 19.3 Å². The number of esters is 4. The van der Waals surface area contributed by atoms with E-state index in [1.807, 2.05) is 0 Å². The van der Waals surface area contributed by atoms with Gasteiger partial charge in [-0.1, -0.05) is 307 Å². The van der Waals surface area contributed by atoms with Crippen molar-refractivity contribution >= 4 is 39.5 Å². The number of ether oxygens (including phenoxy) is 4. The Labute approximate surface area is 597 Å². The molecule has 0 spiro atoms. The SMILES string of the molecule is CCC/C=C\C/C=C\CCCCCCCC(=O)OC(COC(=O)CCCCCCCC/C=C\C/C=C\C/C=C\CCCCC)COP(=O)(O)OCC(O)COP(=O)(O)OCC(COC(=O)CCCCCCCCCCCCCCCCC)OC(=O)CCCCCCCCCCCCC. The summed E-state index contributed by atoms with van der Waals surface area (Å²) >= 11 is 0. The molecular weight excluding hydrogens is 1280 g/mol. The molecule has 17 nitrogen and oxygen atoms in total. The number of hydrogen-bond acceptors (Lipinski definition) is 15. The highest BCUT2D eigenvalue weighted by molar-refractivity contribution is 7.47. The molecular formula is C79H144O17P2. The number of phosphoric ester groups is 2. The lowest BCUT2D eigenvalue weighted by molar-refractivity contribution is -0.161. The minimum absolute atomic E-state index is 0.0791. The minimum Gasteiger partial charge on any atom is -0.462 e. The largest absolute Gasteiger partial charge is 0.472 e. The fourth-order valence-corrected chi connectivity index (χ4v) is 12.5. The van der Waals surface area contributed by atoms with Crippen LogP contribution in [-0.4, -0.2) is 96.7 Å². The van der Waals surface area contributed by atoms with E-state index in [-0.39, 0.29) is 25.7 Å². The molecule has 0 radical (unpaired) electrons. The van der Waals surface area contributed by atoms with Crippen LogP contribution in [0.2, 0.25) is 0 Å². The van der Waals surface area contributed by atoms with Crippen LogP contribution in [0.3, 0.4) is 0 Å². The van der Waals surface area contributed by atoms with Crippen molar-refractivity contribution in [2.24, 2.45) is 0 Å². The second-order valence-corrected chi connectivity index (χ2v) is 29.6. The number of allylic oxidation sites excluding steroid dienone is 10. The van der Waals surface area contributed by atoms with Crippen molar-refractivity contribution in [2.45, 2.75) is 380 Å². The first-order valence-corrected chi connectivity index (χ1v) is 42.5. The maximum Gasteiger partial charge on any atom is 0.472 e. The van der Waals surface area contributed by atoms with Gasteiger partial charge >= 0.3 is 39.5 Å². The van der Waals surface area contributed by atoms with Crippen LogP contribution in [0.4, 0.5) is 0 Å². The number of rotatable bonds is 75. The van der Waals surface area contributed by atoms with E-state index in [9.17, 15) is 43.2 Å². The zero-order valence-corrected chi connectivity index (χ0v) is 64.3. The van der Waals surface area contributed by atoms with Gasteiger partial charge in [-0.3, -0.25) is 37.3 Å². The molecule has 572 valence electrons. The Morgan fingerprint density at radius 1 is 0.286 bits per heavy atom. The second-order valence-electron chi connectivity index (χ2n) is 26.7. The zero-order chi connectivity index (χ0) is 71.8. The third-order valence-electron chi connectivity index (χ3n) is 17.0. The summed E-state index contributed by atoms with van der Waals surface area (Å²) in [5, 5.41) is 10.6. The Morgan fingerprint density at radius 3 is 0.827 bits per heavy atom. The summed E-state index contributed by atoms with van der Waals surface area (Å²) in [4.78, 5) is 72.9. The molecule has 0 heterocycles. The molecule has 0 aliphatic carbocycles. The second kappa shape index (κ2) is 72.1. The summed E-state index contributed by atoms with van der Waals surface area (Å²) in [6, 6.07) is 0. The lowest BCUT2D eigenvalue weighted by Crippen LogP contribution is -2.30. The highest BCUT2D eigenvalue weighted by atomic mass is 31.2. The maximum absolute atomic E-state index is 13.1. The predicted molar refractivity (Wildman–Crippen MR) is 400 cm³/mol. The summed E-state index contributed by atoms with van der Waals surface area (Å²) < 4.78 is 68.5. The molecule has 0 amide bonds. The molecule has 0 saturated heterocycles. The first-order valence-electron chi connectivity index (χ1n) is 39.5. The molecule has 0 fully saturated rings. The Kier molecular flexibility index (Phi) is 69.7. The summed E-state index contributed by atoms with van der Waals surface area (Å²) in [6.07, 6.45) is 70.6. The summed E-state index contributed by atoms with van der Waals surface area (Å²) in [6.45, 7) is 4.81. The lowest BCUT2D eigenvalue weighted by Gasteiger charge is -2.21. The summed E-state index contributed by atoms with van der Waals surface area (Å²) in [5.74, 6) is -2.17. The molecule has 0 aromatic rings. The Bertz CT molecular complexity index is 2100. The highest BCUT2D eigenvalue weighted by Crippen LogP contribution is 2.45. The smallest absolute Gasteiger partial charge is 0.462 e. The van der Waals surface area contributed by atoms with E-state index in [1.54, 1.807) is 0 Å². The van der Waals surface area contributed by atoms with Crippen molar-refractivity contribution in [3.8, 4) is 0 Å². The van der Waals surface area contributed by atoms with E-state index in [0.29, 0.717) is 25.7 Å². The molecule has 0 bridgehead atoms. The van der Waals surface area contributed by atoms with Gasteiger partial charge in [-0.15, -0.1) is 0 Å². The number of hydrogen-bond donors (Lipinski definition) is 3. The predicted octanol–water partition coefficient (Wildman–Crippen LogP) is 22.7. The zero-order valence-electron chi connectivity index (χ0n) is 62.5. The normalized spacial score (nSPS) is 14.2. The van der Waals surface area contributed by atoms with Crippen molar-refractivity contribution in [2.75, 3.05) is 39.6 Å². The topological polar surface area (TPSA) is 237 Å². The van der Waals surface area contributed by atoms with Crippen molar-refractivity contribution in [1.29, 1.82) is 0 Å². The average molecular weight is 1430 g/mol. The van der Waals surface area contributed by atoms with Crippen molar-refractivity contribution in [3.63, 3.8) is 0 Å². The van der Waals surface area contributed by atoms with Crippen molar-refractivity contribution < 1.29 is 80.2 Å². The first kappa shape index (κ1) is 94.8. The summed E-state index contributed by atoms with van der Waals surface area (Å²) in [7, 11) is -9.94. The number of aliphatic hydroxyl groups is 1. The van der Waals surface area contributed by atoms with Gasteiger partial charge < -0.3 is 33.8 Å². The third kappa shape index (κ3) is 71.2. The van der Waals surface area contributed by atoms with Crippen LogP contribution in [-0.2, 0) is 65.4 Å². The molecule has 98 heavy (non-hydrogen) atoms. The minimum atomic E-state index is -4.97. The van der Waals surface area contributed by atoms with E-state index >= 15 is 0 Å². The fourth-order valence-electron chi connectivity index (χ4n) is 10.9. The number of carbonyl (C=O) groups is 4. The molecule has 5 unspecified atom stereocenters. The van der Waals surface area contributed by atoms with Crippen LogP contribution in [0, 0.1) is 0 Å². The van der Waals surface area contributed by atoms with Gasteiger partial charge in [0, 0.05) is 25.7 Å². The van der Waals surface area contributed by atoms with Gasteiger partial charge in [0.05, 0.1) is 26.4 Å². The standard InChI is InChI=1S/C79H144O17P2/c1-5-9-13-17-21-25-29-32-34-35-36-37-39-42-45-48-52-56-60-64-77(82)90-70-75(96-79(84)66-62-58-54-50-46-40-31-27-23-19-15-11-7-3)72-94-98(87,88)92-68-73(80)67-91-97(85,86)93-71-74(95-78(83)65-61-57-53-49-43-28-24-20-16-12-8-4)69-89-76(81)63-59-55-51-47-44-41-38-33-30-26-22-18-14-10-6-2/h15,19,21,25,27,31-32,34,36-37,73-75,80H,5-14,16-18,20,22-24,26,28-30,33,35,38-72H2,1-4H3,(H,85,86)(H,87,88)/b19-15-,25-21-,31-27-,34-32-,37-36-. The van der Waals surface area contributed by atoms with Crippen LogP contribution < -0.4 is 0 Å². The summed E-state index contributed by atoms with van der Waals surface area (Å²) in [5.41, 5.74) is 0. The van der Waals surface area contributed by atoms with E-state index < -0.39 is 97.5 Å². The maximum atomic E-state index is 13.1. The highest BCUT2D eigenvalue weighted by Gasteiger charge is 2.30. The van der Waals surface area contributed by atoms with Gasteiger partial charge in [0.25, 0.3) is 0 Å². The number of phosphoric acid groups is 2. The van der Waals surface area contributed by atoms with Crippen LogP contribution in [0.25, 0.3) is 0 Å². The molecule has 0 aliphatic rings. The Balaban J connectivity index is 5.28. The molecule has 0 rings (SSSR count). The van der Waals surface area contributed by atoms with Crippen molar-refractivity contribution in [1.82, 2.24) is 0 Å². The van der Waals surface area contributed by atoms with Crippen LogP contribution in [0.15, 0.2) is 60.8 Å². The third-order valence-corrected chi connectivity index (χ3v) is 18.9. The number of unbranched alkanes of at least 4 members (excludes halogenated alkanes) is 39. The lowest BCUT2D eigenvalue weighted by atomic mass is 10.0. The quantitative estimate of drug-likeness (QED) is 0.0169. The molecule has 0 aromatic carbocycles. The molecule has 3 N–H and O–H groups in total. The molecule has 5 atom stereocenters. The monoisotopic (exact) mass is 1430 g/mol. The van der Waals surface area contributed by atoms with Gasteiger partial charge in [-0.05, 0) is 89.9 Å². The number of carbonyl (C=O) groups excluding carboxylic acids is 4. The van der Waals surface area contributed by atoms with E-state index in [4.69, 9.17) is 37.0 Å². The van der Waals surface area contributed by atoms with Crippen LogP contribution in [0.1, 0.15) is 362 Å². The van der Waals surface area contributed by atoms with Crippen LogP contribution >= 0.6 is 15.6 Å². The molecule has 0 aliphatic heterocycles. The van der Waals surface area contributed by atoms with Gasteiger partial charge in [-0.2, -0.15) is 0 Å². The molecule has 0 aromatic heterocycles. The average Bonchev–Trinajstić information content (AvgIpc) is 0.973. The van der Waals surface area contributed by atoms with Crippen molar-refractivity contribution in [3.05, 3.63) is 60.8 Å². The van der Waals surface area contributed by atoms with E-state index in [1.165, 1.54) is 128 Å². The molecule has 19 heteroatoms.